The molecule has 0 fully saturated rings. The van der Waals surface area contributed by atoms with Crippen molar-refractivity contribution in [1.82, 2.24) is 0 Å². The maximum Gasteiger partial charge on any atom is 0.157 e. The highest BCUT2D eigenvalue weighted by Crippen LogP contribution is 2.25. The van der Waals surface area contributed by atoms with Crippen LogP contribution in [0.2, 0.25) is 0 Å². The molecule has 0 atom stereocenters. The number of ketones is 1. The number of allylic oxidation sites excluding steroid dienone is 3. The lowest BCUT2D eigenvalue weighted by molar-refractivity contribution is -0.114. The van der Waals surface area contributed by atoms with Gasteiger partial charge in [-0.1, -0.05) is 36.4 Å². The molecule has 0 heterocycles. The van der Waals surface area contributed by atoms with Crippen LogP contribution < -0.4 is 0 Å². The van der Waals surface area contributed by atoms with E-state index in [1.807, 2.05) is 0 Å². The van der Waals surface area contributed by atoms with Crippen molar-refractivity contribution in [1.29, 1.82) is 0 Å². The number of benzene rings is 2. The molecule has 118 valence electrons. The van der Waals surface area contributed by atoms with Crippen LogP contribution in [0.4, 0.5) is 0 Å². The molecule has 2 rings (SSSR count). The van der Waals surface area contributed by atoms with E-state index in [4.69, 9.17) is 0 Å². The third kappa shape index (κ3) is 5.36. The molecule has 0 radical (unpaired) electrons. The number of hydrogen-bond acceptors (Lipinski definition) is 4. The van der Waals surface area contributed by atoms with E-state index in [-0.39, 0.29) is 23.0 Å². The van der Waals surface area contributed by atoms with Gasteiger partial charge in [-0.25, -0.2) is 0 Å². The first-order valence-corrected chi connectivity index (χ1v) is 7.22. The van der Waals surface area contributed by atoms with E-state index in [2.05, 4.69) is 0 Å². The molecule has 4 nitrogen and oxygen atoms in total. The summed E-state index contributed by atoms with van der Waals surface area (Å²) in [6, 6.07) is 11.3. The van der Waals surface area contributed by atoms with E-state index in [0.717, 1.165) is 11.1 Å². The molecule has 0 aromatic heterocycles. The molecule has 2 aromatic rings. The highest BCUT2D eigenvalue weighted by atomic mass is 16.3. The van der Waals surface area contributed by atoms with Crippen molar-refractivity contribution in [2.24, 2.45) is 0 Å². The molecule has 0 aliphatic heterocycles. The number of rotatable bonds is 6. The van der Waals surface area contributed by atoms with E-state index < -0.39 is 0 Å². The summed E-state index contributed by atoms with van der Waals surface area (Å²) in [6.45, 7) is 0. The Morgan fingerprint density at radius 1 is 0.913 bits per heavy atom. The van der Waals surface area contributed by atoms with Gasteiger partial charge >= 0.3 is 0 Å². The van der Waals surface area contributed by atoms with Gasteiger partial charge < -0.3 is 15.3 Å². The van der Waals surface area contributed by atoms with Gasteiger partial charge in [0.1, 0.15) is 5.75 Å². The van der Waals surface area contributed by atoms with Gasteiger partial charge in [0.25, 0.3) is 0 Å². The van der Waals surface area contributed by atoms with Crippen LogP contribution in [-0.2, 0) is 11.2 Å². The van der Waals surface area contributed by atoms with Gasteiger partial charge in [-0.15, -0.1) is 0 Å². The summed E-state index contributed by atoms with van der Waals surface area (Å²) in [6.07, 6.45) is 7.58. The molecular formula is C19H18O4. The minimum absolute atomic E-state index is 0.0104. The fourth-order valence-electron chi connectivity index (χ4n) is 1.99. The zero-order valence-electron chi connectivity index (χ0n) is 12.5. The fraction of sp³-hybridized carbons (Fsp3) is 0.105. The van der Waals surface area contributed by atoms with Crippen LogP contribution >= 0.6 is 0 Å². The van der Waals surface area contributed by atoms with Crippen LogP contribution in [0.3, 0.4) is 0 Å². The zero-order chi connectivity index (χ0) is 16.7. The second-order valence-corrected chi connectivity index (χ2v) is 5.10. The molecule has 23 heavy (non-hydrogen) atoms. The summed E-state index contributed by atoms with van der Waals surface area (Å²) < 4.78 is 0. The van der Waals surface area contributed by atoms with Gasteiger partial charge in [0, 0.05) is 6.42 Å². The quantitative estimate of drug-likeness (QED) is 0.433. The van der Waals surface area contributed by atoms with Crippen LogP contribution in [0.25, 0.3) is 6.08 Å². The molecule has 3 N–H and O–H groups in total. The molecule has 0 spiro atoms. The second kappa shape index (κ2) is 7.84. The summed E-state index contributed by atoms with van der Waals surface area (Å²) in [5.74, 6) is -0.121. The third-order valence-electron chi connectivity index (χ3n) is 3.28. The topological polar surface area (TPSA) is 77.8 Å². The lowest BCUT2D eigenvalue weighted by Crippen LogP contribution is -1.95. The maximum absolute atomic E-state index is 11.8. The number of phenols is 3. The summed E-state index contributed by atoms with van der Waals surface area (Å²) in [5.41, 5.74) is 1.72. The van der Waals surface area contributed by atoms with Gasteiger partial charge in [0.15, 0.2) is 17.3 Å². The SMILES string of the molecule is O=C(/C=C/C=C/c1ccc(O)c(O)c1)CCc1ccc(O)cc1. The number of carbonyl (C=O) groups is 1. The Morgan fingerprint density at radius 3 is 2.35 bits per heavy atom. The van der Waals surface area contributed by atoms with Gasteiger partial charge in [-0.05, 0) is 47.9 Å². The highest BCUT2D eigenvalue weighted by molar-refractivity contribution is 5.90. The Bertz CT molecular complexity index is 728. The first-order valence-electron chi connectivity index (χ1n) is 7.22. The third-order valence-corrected chi connectivity index (χ3v) is 3.28. The Hall–Kier alpha value is -3.01. The van der Waals surface area contributed by atoms with Crippen LogP contribution in [0.1, 0.15) is 17.5 Å². The summed E-state index contributed by atoms with van der Waals surface area (Å²) >= 11 is 0. The lowest BCUT2D eigenvalue weighted by Gasteiger charge is -1.99. The molecule has 0 saturated heterocycles. The normalized spacial score (nSPS) is 11.3. The van der Waals surface area contributed by atoms with E-state index in [1.165, 1.54) is 18.2 Å². The number of phenolic OH excluding ortho intramolecular Hbond substituents is 3. The Balaban J connectivity index is 1.82. The monoisotopic (exact) mass is 310 g/mol. The Kier molecular flexibility index (Phi) is 5.58. The van der Waals surface area contributed by atoms with E-state index in [0.29, 0.717) is 12.8 Å². The van der Waals surface area contributed by atoms with Gasteiger partial charge in [-0.2, -0.15) is 0 Å². The maximum atomic E-state index is 11.8. The number of aryl methyl sites for hydroxylation is 1. The summed E-state index contributed by atoms with van der Waals surface area (Å²) in [5, 5.41) is 27.8. The van der Waals surface area contributed by atoms with E-state index in [1.54, 1.807) is 48.6 Å². The van der Waals surface area contributed by atoms with Crippen molar-refractivity contribution in [2.45, 2.75) is 12.8 Å². The first-order chi connectivity index (χ1) is 11.0. The molecule has 0 saturated carbocycles. The second-order valence-electron chi connectivity index (χ2n) is 5.10. The van der Waals surface area contributed by atoms with Crippen molar-refractivity contribution >= 4 is 11.9 Å². The van der Waals surface area contributed by atoms with Crippen molar-refractivity contribution in [3.05, 3.63) is 71.8 Å². The van der Waals surface area contributed by atoms with Crippen LogP contribution in [0, 0.1) is 0 Å². The standard InChI is InChI=1S/C19H18O4/c20-16(9-5-14-6-10-17(21)11-7-14)4-2-1-3-15-8-12-18(22)19(23)13-15/h1-4,6-8,10-13,21-23H,5,9H2/b3-1+,4-2+. The smallest absolute Gasteiger partial charge is 0.157 e. The average Bonchev–Trinajstić information content (AvgIpc) is 2.54. The number of aromatic hydroxyl groups is 3. The van der Waals surface area contributed by atoms with Crippen molar-refractivity contribution < 1.29 is 20.1 Å². The minimum Gasteiger partial charge on any atom is -0.508 e. The van der Waals surface area contributed by atoms with Gasteiger partial charge in [0.2, 0.25) is 0 Å². The van der Waals surface area contributed by atoms with Crippen molar-refractivity contribution in [3.63, 3.8) is 0 Å². The van der Waals surface area contributed by atoms with Crippen molar-refractivity contribution in [2.75, 3.05) is 0 Å². The lowest BCUT2D eigenvalue weighted by atomic mass is 10.1. The van der Waals surface area contributed by atoms with Crippen LogP contribution in [0.15, 0.2) is 60.7 Å². The molecular weight excluding hydrogens is 292 g/mol. The van der Waals surface area contributed by atoms with Gasteiger partial charge in [-0.3, -0.25) is 4.79 Å². The predicted molar refractivity (Wildman–Crippen MR) is 89.4 cm³/mol. The summed E-state index contributed by atoms with van der Waals surface area (Å²) in [4.78, 5) is 11.8. The molecule has 0 amide bonds. The van der Waals surface area contributed by atoms with E-state index in [9.17, 15) is 20.1 Å². The Morgan fingerprint density at radius 2 is 1.65 bits per heavy atom. The number of hydrogen-bond donors (Lipinski definition) is 3. The van der Waals surface area contributed by atoms with E-state index >= 15 is 0 Å². The summed E-state index contributed by atoms with van der Waals surface area (Å²) in [7, 11) is 0. The zero-order valence-corrected chi connectivity index (χ0v) is 12.5. The first kappa shape index (κ1) is 16.4. The number of carbonyl (C=O) groups excluding carboxylic acids is 1. The van der Waals surface area contributed by atoms with Gasteiger partial charge in [0.05, 0.1) is 0 Å². The molecule has 0 aliphatic carbocycles. The minimum atomic E-state index is -0.180. The molecule has 2 aromatic carbocycles. The van der Waals surface area contributed by atoms with Crippen LogP contribution in [0.5, 0.6) is 17.2 Å². The fourth-order valence-corrected chi connectivity index (χ4v) is 1.99. The Labute approximate surface area is 134 Å². The molecule has 0 aliphatic rings. The molecule has 0 unspecified atom stereocenters. The predicted octanol–water partition coefficient (Wildman–Crippen LogP) is 3.57. The largest absolute Gasteiger partial charge is 0.508 e. The highest BCUT2D eigenvalue weighted by Gasteiger charge is 1.99. The molecule has 0 bridgehead atoms. The van der Waals surface area contributed by atoms with Crippen molar-refractivity contribution in [3.8, 4) is 17.2 Å². The van der Waals surface area contributed by atoms with Crippen LogP contribution in [-0.4, -0.2) is 21.1 Å². The average molecular weight is 310 g/mol. The molecule has 4 heteroatoms.